The van der Waals surface area contributed by atoms with E-state index in [1.165, 1.54) is 11.6 Å². The number of nitrogens with zero attached hydrogens (tertiary/aromatic N) is 3. The molecular formula is C25H25ClN4O3. The molecule has 0 spiro atoms. The molecule has 2 aromatic heterocycles. The third-order valence-corrected chi connectivity index (χ3v) is 5.80. The van der Waals surface area contributed by atoms with Gasteiger partial charge in [0.2, 0.25) is 0 Å². The molecule has 0 unspecified atom stereocenters. The molecule has 0 bridgehead atoms. The number of H-pyrrole nitrogens is 1. The average Bonchev–Trinajstić information content (AvgIpc) is 3.26. The van der Waals surface area contributed by atoms with Crippen LogP contribution in [0.1, 0.15) is 28.8 Å². The van der Waals surface area contributed by atoms with Crippen LogP contribution in [0, 0.1) is 13.8 Å². The van der Waals surface area contributed by atoms with E-state index in [4.69, 9.17) is 16.3 Å². The summed E-state index contributed by atoms with van der Waals surface area (Å²) in [4.78, 5) is 27.1. The average molecular weight is 465 g/mol. The maximum Gasteiger partial charge on any atom is 0.330 e. The Hall–Kier alpha value is -3.58. The van der Waals surface area contributed by atoms with E-state index in [1.807, 2.05) is 62.4 Å². The van der Waals surface area contributed by atoms with Crippen molar-refractivity contribution in [2.45, 2.75) is 33.4 Å². The van der Waals surface area contributed by atoms with Gasteiger partial charge in [-0.2, -0.15) is 5.10 Å². The molecule has 0 aliphatic rings. The molecule has 33 heavy (non-hydrogen) atoms. The molecule has 0 atom stereocenters. The van der Waals surface area contributed by atoms with Crippen molar-refractivity contribution in [1.29, 1.82) is 0 Å². The standard InChI is InChI=1S/C25H25ClN4O3/c1-17-8-10-19(11-9-17)16-30-24(26)20(18(2)28-30)12-13-23(31)33-15-5-14-29-22-7-4-3-6-21(22)27-25(29)32/h3-4,6-13H,5,14-16H2,1-2H3,(H,27,32)/b13-12+. The molecule has 2 aromatic carbocycles. The van der Waals surface area contributed by atoms with E-state index in [9.17, 15) is 9.59 Å². The monoisotopic (exact) mass is 464 g/mol. The summed E-state index contributed by atoms with van der Waals surface area (Å²) in [7, 11) is 0. The summed E-state index contributed by atoms with van der Waals surface area (Å²) in [6, 6.07) is 15.7. The van der Waals surface area contributed by atoms with Gasteiger partial charge in [0.05, 0.1) is 29.9 Å². The number of para-hydroxylation sites is 2. The van der Waals surface area contributed by atoms with Crippen LogP contribution in [0.3, 0.4) is 0 Å². The Morgan fingerprint density at radius 3 is 2.70 bits per heavy atom. The fraction of sp³-hybridized carbons (Fsp3) is 0.240. The van der Waals surface area contributed by atoms with Crippen molar-refractivity contribution in [1.82, 2.24) is 19.3 Å². The predicted molar refractivity (Wildman–Crippen MR) is 129 cm³/mol. The number of rotatable bonds is 8. The van der Waals surface area contributed by atoms with Crippen molar-refractivity contribution < 1.29 is 9.53 Å². The number of esters is 1. The lowest BCUT2D eigenvalue weighted by atomic mass is 10.1. The minimum absolute atomic E-state index is 0.171. The number of benzene rings is 2. The number of aromatic amines is 1. The van der Waals surface area contributed by atoms with Gasteiger partial charge in [-0.05, 0) is 44.0 Å². The number of aromatic nitrogens is 4. The number of aryl methyl sites for hydroxylation is 3. The maximum atomic E-state index is 12.2. The SMILES string of the molecule is Cc1ccc(Cn2nc(C)c(/C=C/C(=O)OCCCn3c(=O)[nH]c4ccccc43)c2Cl)cc1. The molecular weight excluding hydrogens is 440 g/mol. The number of halogens is 1. The normalized spacial score (nSPS) is 11.5. The first-order chi connectivity index (χ1) is 15.9. The number of hydrogen-bond donors (Lipinski definition) is 1. The van der Waals surface area contributed by atoms with E-state index < -0.39 is 5.97 Å². The number of nitrogens with one attached hydrogen (secondary N) is 1. The Morgan fingerprint density at radius 1 is 1.15 bits per heavy atom. The topological polar surface area (TPSA) is 81.9 Å². The highest BCUT2D eigenvalue weighted by atomic mass is 35.5. The van der Waals surface area contributed by atoms with Gasteiger partial charge in [-0.3, -0.25) is 4.57 Å². The van der Waals surface area contributed by atoms with Gasteiger partial charge in [-0.25, -0.2) is 14.3 Å². The van der Waals surface area contributed by atoms with E-state index in [2.05, 4.69) is 10.1 Å². The smallest absolute Gasteiger partial charge is 0.330 e. The molecule has 0 fully saturated rings. The molecule has 1 N–H and O–H groups in total. The summed E-state index contributed by atoms with van der Waals surface area (Å²) in [5.41, 5.74) is 5.15. The Balaban J connectivity index is 1.32. The summed E-state index contributed by atoms with van der Waals surface area (Å²) >= 11 is 6.50. The zero-order valence-corrected chi connectivity index (χ0v) is 19.3. The maximum absolute atomic E-state index is 12.2. The summed E-state index contributed by atoms with van der Waals surface area (Å²) in [5, 5.41) is 4.96. The van der Waals surface area contributed by atoms with Crippen molar-refractivity contribution in [3.8, 4) is 0 Å². The fourth-order valence-corrected chi connectivity index (χ4v) is 3.95. The Morgan fingerprint density at radius 2 is 1.91 bits per heavy atom. The summed E-state index contributed by atoms with van der Waals surface area (Å²) in [6.45, 7) is 5.09. The lowest BCUT2D eigenvalue weighted by Gasteiger charge is -2.04. The van der Waals surface area contributed by atoms with Gasteiger partial charge in [0.15, 0.2) is 0 Å². The zero-order chi connectivity index (χ0) is 23.4. The van der Waals surface area contributed by atoms with E-state index in [0.29, 0.717) is 30.2 Å². The van der Waals surface area contributed by atoms with E-state index in [-0.39, 0.29) is 12.3 Å². The Labute approximate surface area is 196 Å². The van der Waals surface area contributed by atoms with Crippen LogP contribution >= 0.6 is 11.6 Å². The van der Waals surface area contributed by atoms with E-state index >= 15 is 0 Å². The molecule has 0 saturated heterocycles. The summed E-state index contributed by atoms with van der Waals surface area (Å²) in [5.74, 6) is -0.469. The van der Waals surface area contributed by atoms with Crippen molar-refractivity contribution in [3.63, 3.8) is 0 Å². The minimum atomic E-state index is -0.469. The highest BCUT2D eigenvalue weighted by molar-refractivity contribution is 6.31. The van der Waals surface area contributed by atoms with Crippen LogP contribution in [0.15, 0.2) is 59.4 Å². The highest BCUT2D eigenvalue weighted by Crippen LogP contribution is 2.22. The minimum Gasteiger partial charge on any atom is -0.462 e. The third-order valence-electron chi connectivity index (χ3n) is 5.40. The Kier molecular flexibility index (Phi) is 6.79. The summed E-state index contributed by atoms with van der Waals surface area (Å²) in [6.07, 6.45) is 3.50. The van der Waals surface area contributed by atoms with Gasteiger partial charge >= 0.3 is 11.7 Å². The molecule has 0 aliphatic carbocycles. The van der Waals surface area contributed by atoms with Crippen LogP contribution in [0.4, 0.5) is 0 Å². The lowest BCUT2D eigenvalue weighted by molar-refractivity contribution is -0.137. The molecule has 8 heteroatoms. The number of ether oxygens (including phenoxy) is 1. The number of imidazole rings is 1. The molecule has 170 valence electrons. The van der Waals surface area contributed by atoms with Crippen LogP contribution in [0.25, 0.3) is 17.1 Å². The predicted octanol–water partition coefficient (Wildman–Crippen LogP) is 4.49. The van der Waals surface area contributed by atoms with Crippen molar-refractivity contribution in [2.75, 3.05) is 6.61 Å². The highest BCUT2D eigenvalue weighted by Gasteiger charge is 2.12. The zero-order valence-electron chi connectivity index (χ0n) is 18.5. The van der Waals surface area contributed by atoms with Crippen LogP contribution in [0.5, 0.6) is 0 Å². The van der Waals surface area contributed by atoms with E-state index in [0.717, 1.165) is 22.3 Å². The van der Waals surface area contributed by atoms with E-state index in [1.54, 1.807) is 15.3 Å². The van der Waals surface area contributed by atoms with Crippen molar-refractivity contribution in [2.24, 2.45) is 0 Å². The van der Waals surface area contributed by atoms with Crippen LogP contribution in [0.2, 0.25) is 5.15 Å². The van der Waals surface area contributed by atoms with Gasteiger partial charge in [0.1, 0.15) is 5.15 Å². The first kappa shape index (κ1) is 22.6. The molecule has 0 saturated carbocycles. The quantitative estimate of drug-likeness (QED) is 0.236. The Bertz CT molecular complexity index is 1360. The largest absolute Gasteiger partial charge is 0.462 e. The van der Waals surface area contributed by atoms with Crippen LogP contribution < -0.4 is 5.69 Å². The van der Waals surface area contributed by atoms with Gasteiger partial charge in [-0.1, -0.05) is 53.6 Å². The molecule has 0 aliphatic heterocycles. The molecule has 4 rings (SSSR count). The van der Waals surface area contributed by atoms with Crippen molar-refractivity contribution in [3.05, 3.63) is 92.6 Å². The summed E-state index contributed by atoms with van der Waals surface area (Å²) < 4.78 is 8.64. The third kappa shape index (κ3) is 5.26. The van der Waals surface area contributed by atoms with Gasteiger partial charge in [-0.15, -0.1) is 0 Å². The molecule has 4 aromatic rings. The first-order valence-corrected chi connectivity index (χ1v) is 11.1. The van der Waals surface area contributed by atoms with Crippen LogP contribution in [-0.4, -0.2) is 31.9 Å². The first-order valence-electron chi connectivity index (χ1n) is 10.7. The second kappa shape index (κ2) is 9.92. The second-order valence-corrected chi connectivity index (χ2v) is 8.24. The number of hydrogen-bond acceptors (Lipinski definition) is 4. The fourth-order valence-electron chi connectivity index (χ4n) is 3.65. The number of fused-ring (bicyclic) bond motifs is 1. The molecule has 2 heterocycles. The van der Waals surface area contributed by atoms with Gasteiger partial charge in [0.25, 0.3) is 0 Å². The van der Waals surface area contributed by atoms with Gasteiger partial charge < -0.3 is 9.72 Å². The van der Waals surface area contributed by atoms with Gasteiger partial charge in [0, 0.05) is 18.2 Å². The molecule has 0 amide bonds. The van der Waals surface area contributed by atoms with Crippen LogP contribution in [-0.2, 0) is 22.6 Å². The van der Waals surface area contributed by atoms with Crippen molar-refractivity contribution >= 4 is 34.7 Å². The number of carbonyl (C=O) groups excluding carboxylic acids is 1. The second-order valence-electron chi connectivity index (χ2n) is 7.89. The number of carbonyl (C=O) groups is 1. The lowest BCUT2D eigenvalue weighted by Crippen LogP contribution is -2.18. The molecule has 7 nitrogen and oxygen atoms in total. The molecule has 0 radical (unpaired) electrons.